The molecule has 2 fully saturated rings. The van der Waals surface area contributed by atoms with Gasteiger partial charge in [-0.1, -0.05) is 6.92 Å². The highest BCUT2D eigenvalue weighted by Gasteiger charge is 2.44. The van der Waals surface area contributed by atoms with Crippen LogP contribution in [0.4, 0.5) is 0 Å². The highest BCUT2D eigenvalue weighted by atomic mass is 15.1. The second kappa shape index (κ2) is 3.31. The number of piperidine rings is 1. The first-order valence-corrected chi connectivity index (χ1v) is 5.38. The van der Waals surface area contributed by atoms with Gasteiger partial charge in [-0.15, -0.1) is 0 Å². The Balaban J connectivity index is 1.85. The predicted molar refractivity (Wildman–Crippen MR) is 52.1 cm³/mol. The molecule has 1 aliphatic carbocycles. The zero-order valence-electron chi connectivity index (χ0n) is 8.42. The average Bonchev–Trinajstić information content (AvgIpc) is 2.86. The van der Waals surface area contributed by atoms with E-state index in [2.05, 4.69) is 17.9 Å². The van der Waals surface area contributed by atoms with Gasteiger partial charge in [0.1, 0.15) is 0 Å². The molecule has 13 heavy (non-hydrogen) atoms. The summed E-state index contributed by atoms with van der Waals surface area (Å²) in [6, 6.07) is 2.47. The molecule has 0 amide bonds. The van der Waals surface area contributed by atoms with Gasteiger partial charge in [0, 0.05) is 13.1 Å². The van der Waals surface area contributed by atoms with Gasteiger partial charge in [0.25, 0.3) is 0 Å². The molecular formula is C11H18N2. The summed E-state index contributed by atoms with van der Waals surface area (Å²) in [4.78, 5) is 2.49. The summed E-state index contributed by atoms with van der Waals surface area (Å²) in [5.74, 6) is 0.836. The van der Waals surface area contributed by atoms with Gasteiger partial charge in [-0.3, -0.25) is 0 Å². The number of hydrogen-bond donors (Lipinski definition) is 0. The Hall–Kier alpha value is -0.550. The topological polar surface area (TPSA) is 27.0 Å². The molecule has 72 valence electrons. The molecule has 1 heterocycles. The molecule has 2 rings (SSSR count). The molecule has 0 bridgehead atoms. The van der Waals surface area contributed by atoms with Crippen LogP contribution in [0, 0.1) is 22.7 Å². The molecule has 0 N–H and O–H groups in total. The lowest BCUT2D eigenvalue weighted by Crippen LogP contribution is -2.38. The van der Waals surface area contributed by atoms with Crippen LogP contribution in [0.15, 0.2) is 0 Å². The molecular weight excluding hydrogens is 160 g/mol. The van der Waals surface area contributed by atoms with E-state index in [1.807, 2.05) is 0 Å². The predicted octanol–water partition coefficient (Wildman–Crippen LogP) is 2.02. The quantitative estimate of drug-likeness (QED) is 0.647. The second-order valence-corrected chi connectivity index (χ2v) is 4.87. The van der Waals surface area contributed by atoms with Crippen LogP contribution in [0.5, 0.6) is 0 Å². The summed E-state index contributed by atoms with van der Waals surface area (Å²) in [6.45, 7) is 5.78. The first-order chi connectivity index (χ1) is 6.24. The van der Waals surface area contributed by atoms with Crippen molar-refractivity contribution in [1.29, 1.82) is 5.26 Å². The molecule has 0 aromatic heterocycles. The Morgan fingerprint density at radius 2 is 2.31 bits per heavy atom. The van der Waals surface area contributed by atoms with Gasteiger partial charge < -0.3 is 4.90 Å². The van der Waals surface area contributed by atoms with Crippen LogP contribution in [-0.4, -0.2) is 24.5 Å². The molecule has 1 saturated carbocycles. The zero-order chi connectivity index (χ0) is 9.31. The van der Waals surface area contributed by atoms with E-state index < -0.39 is 0 Å². The van der Waals surface area contributed by atoms with Gasteiger partial charge in [0.05, 0.1) is 11.5 Å². The fourth-order valence-corrected chi connectivity index (χ4v) is 2.31. The SMILES string of the molecule is CC1CCCN(CC2(C#N)CC2)C1. The Morgan fingerprint density at radius 3 is 2.85 bits per heavy atom. The average molecular weight is 178 g/mol. The lowest BCUT2D eigenvalue weighted by molar-refractivity contribution is 0.165. The first-order valence-electron chi connectivity index (χ1n) is 5.38. The minimum atomic E-state index is 0.0665. The van der Waals surface area contributed by atoms with Gasteiger partial charge in [-0.2, -0.15) is 5.26 Å². The van der Waals surface area contributed by atoms with E-state index in [-0.39, 0.29) is 5.41 Å². The molecule has 0 spiro atoms. The van der Waals surface area contributed by atoms with E-state index in [9.17, 15) is 0 Å². The minimum absolute atomic E-state index is 0.0665. The maximum atomic E-state index is 8.98. The molecule has 2 heteroatoms. The molecule has 1 unspecified atom stereocenters. The van der Waals surface area contributed by atoms with E-state index in [1.165, 1.54) is 25.9 Å². The van der Waals surface area contributed by atoms with Crippen LogP contribution in [-0.2, 0) is 0 Å². The molecule has 2 nitrogen and oxygen atoms in total. The number of rotatable bonds is 2. The van der Waals surface area contributed by atoms with Crippen molar-refractivity contribution < 1.29 is 0 Å². The molecule has 1 saturated heterocycles. The van der Waals surface area contributed by atoms with Crippen molar-refractivity contribution in [3.05, 3.63) is 0 Å². The summed E-state index contributed by atoms with van der Waals surface area (Å²) in [5, 5.41) is 8.98. The first kappa shape index (κ1) is 9.02. The van der Waals surface area contributed by atoms with Crippen LogP contribution >= 0.6 is 0 Å². The van der Waals surface area contributed by atoms with Crippen LogP contribution in [0.25, 0.3) is 0 Å². The smallest absolute Gasteiger partial charge is 0.0703 e. The van der Waals surface area contributed by atoms with E-state index in [1.54, 1.807) is 0 Å². The fourth-order valence-electron chi connectivity index (χ4n) is 2.31. The lowest BCUT2D eigenvalue weighted by atomic mass is 9.98. The maximum Gasteiger partial charge on any atom is 0.0703 e. The summed E-state index contributed by atoms with van der Waals surface area (Å²) in [5.41, 5.74) is 0.0665. The van der Waals surface area contributed by atoms with Crippen molar-refractivity contribution >= 4 is 0 Å². The molecule has 0 radical (unpaired) electrons. The molecule has 0 aromatic rings. The van der Waals surface area contributed by atoms with Crippen LogP contribution in [0.2, 0.25) is 0 Å². The van der Waals surface area contributed by atoms with Crippen molar-refractivity contribution in [3.8, 4) is 6.07 Å². The van der Waals surface area contributed by atoms with Crippen LogP contribution in [0.3, 0.4) is 0 Å². The van der Waals surface area contributed by atoms with E-state index >= 15 is 0 Å². The van der Waals surface area contributed by atoms with E-state index in [4.69, 9.17) is 5.26 Å². The largest absolute Gasteiger partial charge is 0.301 e. The van der Waals surface area contributed by atoms with Crippen molar-refractivity contribution in [1.82, 2.24) is 4.90 Å². The van der Waals surface area contributed by atoms with Gasteiger partial charge in [0.15, 0.2) is 0 Å². The molecule has 1 aliphatic heterocycles. The summed E-state index contributed by atoms with van der Waals surface area (Å²) < 4.78 is 0. The summed E-state index contributed by atoms with van der Waals surface area (Å²) in [6.07, 6.45) is 4.96. The molecule has 0 aromatic carbocycles. The number of hydrogen-bond acceptors (Lipinski definition) is 2. The zero-order valence-corrected chi connectivity index (χ0v) is 8.42. The number of likely N-dealkylation sites (tertiary alicyclic amines) is 1. The van der Waals surface area contributed by atoms with Crippen LogP contribution < -0.4 is 0 Å². The van der Waals surface area contributed by atoms with Gasteiger partial charge in [0.2, 0.25) is 0 Å². The van der Waals surface area contributed by atoms with Gasteiger partial charge in [-0.05, 0) is 38.1 Å². The van der Waals surface area contributed by atoms with Crippen molar-refractivity contribution in [2.45, 2.75) is 32.6 Å². The monoisotopic (exact) mass is 178 g/mol. The third-order valence-electron chi connectivity index (χ3n) is 3.36. The Morgan fingerprint density at radius 1 is 1.54 bits per heavy atom. The summed E-state index contributed by atoms with van der Waals surface area (Å²) in [7, 11) is 0. The maximum absolute atomic E-state index is 8.98. The number of nitriles is 1. The highest BCUT2D eigenvalue weighted by molar-refractivity contribution is 5.11. The fraction of sp³-hybridized carbons (Fsp3) is 0.909. The standard InChI is InChI=1S/C11H18N2/c1-10-3-2-6-13(7-10)9-11(8-12)4-5-11/h10H,2-7,9H2,1H3. The molecule has 2 aliphatic rings. The Labute approximate surface area is 80.5 Å². The number of nitrogens with zero attached hydrogens (tertiary/aromatic N) is 2. The van der Waals surface area contributed by atoms with Crippen molar-refractivity contribution in [3.63, 3.8) is 0 Å². The molecule has 1 atom stereocenters. The second-order valence-electron chi connectivity index (χ2n) is 4.87. The van der Waals surface area contributed by atoms with Crippen molar-refractivity contribution in [2.75, 3.05) is 19.6 Å². The van der Waals surface area contributed by atoms with E-state index in [0.29, 0.717) is 0 Å². The normalized spacial score (nSPS) is 32.5. The van der Waals surface area contributed by atoms with Crippen molar-refractivity contribution in [2.24, 2.45) is 11.3 Å². The van der Waals surface area contributed by atoms with E-state index in [0.717, 1.165) is 25.3 Å². The van der Waals surface area contributed by atoms with Gasteiger partial charge in [-0.25, -0.2) is 0 Å². The third-order valence-corrected chi connectivity index (χ3v) is 3.36. The minimum Gasteiger partial charge on any atom is -0.301 e. The Kier molecular flexibility index (Phi) is 2.29. The van der Waals surface area contributed by atoms with Crippen LogP contribution in [0.1, 0.15) is 32.6 Å². The summed E-state index contributed by atoms with van der Waals surface area (Å²) >= 11 is 0. The van der Waals surface area contributed by atoms with Gasteiger partial charge >= 0.3 is 0 Å². The highest BCUT2D eigenvalue weighted by Crippen LogP contribution is 2.45. The third kappa shape index (κ3) is 2.03. The Bertz CT molecular complexity index is 225. The lowest BCUT2D eigenvalue weighted by Gasteiger charge is -2.32.